The van der Waals surface area contributed by atoms with Gasteiger partial charge in [0.2, 0.25) is 0 Å². The zero-order valence-corrected chi connectivity index (χ0v) is 12.6. The standard InChI is InChI=1S/C15H20N2O3S/c16-12-11(7-1-2-7)15(17-5-9(18)10(19)6-17)21-14(12)13(20)8-3-4-8/h7-10,18-19H,1-6,16H2. The number of carbonyl (C=O) groups excluding carboxylic acids is 1. The van der Waals surface area contributed by atoms with E-state index in [4.69, 9.17) is 5.73 Å². The third kappa shape index (κ3) is 2.25. The Bertz CT molecular complexity index is 582. The molecular weight excluding hydrogens is 288 g/mol. The first-order chi connectivity index (χ1) is 10.1. The maximum Gasteiger partial charge on any atom is 0.178 e. The predicted octanol–water partition coefficient (Wildman–Crippen LogP) is 1.34. The van der Waals surface area contributed by atoms with E-state index in [2.05, 4.69) is 0 Å². The van der Waals surface area contributed by atoms with Crippen LogP contribution in [0.5, 0.6) is 0 Å². The van der Waals surface area contributed by atoms with Crippen molar-refractivity contribution in [3.63, 3.8) is 0 Å². The van der Waals surface area contributed by atoms with Crippen molar-refractivity contribution in [1.82, 2.24) is 0 Å². The molecule has 1 aromatic rings. The molecule has 5 nitrogen and oxygen atoms in total. The number of nitrogen functional groups attached to an aromatic ring is 1. The van der Waals surface area contributed by atoms with Crippen LogP contribution in [0.25, 0.3) is 0 Å². The quantitative estimate of drug-likeness (QED) is 0.731. The summed E-state index contributed by atoms with van der Waals surface area (Å²) in [6.45, 7) is 0.829. The van der Waals surface area contributed by atoms with E-state index in [0.29, 0.717) is 29.6 Å². The molecule has 114 valence electrons. The third-order valence-corrected chi connectivity index (χ3v) is 5.96. The number of anilines is 2. The molecule has 0 amide bonds. The van der Waals surface area contributed by atoms with Crippen LogP contribution in [0, 0.1) is 5.92 Å². The van der Waals surface area contributed by atoms with Crippen molar-refractivity contribution >= 4 is 27.8 Å². The van der Waals surface area contributed by atoms with Gasteiger partial charge in [-0.05, 0) is 31.6 Å². The van der Waals surface area contributed by atoms with Crippen LogP contribution in [0.4, 0.5) is 10.7 Å². The Morgan fingerprint density at radius 2 is 1.76 bits per heavy atom. The van der Waals surface area contributed by atoms with Crippen LogP contribution in [0.2, 0.25) is 0 Å². The number of hydrogen-bond acceptors (Lipinski definition) is 6. The van der Waals surface area contributed by atoms with Crippen molar-refractivity contribution in [2.24, 2.45) is 5.92 Å². The van der Waals surface area contributed by atoms with E-state index in [9.17, 15) is 15.0 Å². The van der Waals surface area contributed by atoms with Gasteiger partial charge in [0.15, 0.2) is 5.78 Å². The highest BCUT2D eigenvalue weighted by atomic mass is 32.1. The molecule has 0 spiro atoms. The minimum Gasteiger partial charge on any atom is -0.397 e. The summed E-state index contributed by atoms with van der Waals surface area (Å²) >= 11 is 1.46. The van der Waals surface area contributed by atoms with Gasteiger partial charge in [-0.2, -0.15) is 0 Å². The van der Waals surface area contributed by atoms with Gasteiger partial charge in [-0.1, -0.05) is 0 Å². The highest BCUT2D eigenvalue weighted by Gasteiger charge is 2.40. The number of rotatable bonds is 4. The Hall–Kier alpha value is -1.11. The second kappa shape index (κ2) is 4.69. The number of ketones is 1. The van der Waals surface area contributed by atoms with Crippen LogP contribution < -0.4 is 10.6 Å². The molecule has 2 aliphatic carbocycles. The zero-order chi connectivity index (χ0) is 14.7. The van der Waals surface area contributed by atoms with E-state index in [1.165, 1.54) is 11.3 Å². The first kappa shape index (κ1) is 13.5. The summed E-state index contributed by atoms with van der Waals surface area (Å²) in [5.41, 5.74) is 8.03. The van der Waals surface area contributed by atoms with Crippen molar-refractivity contribution in [3.05, 3.63) is 10.4 Å². The molecule has 1 aromatic heterocycles. The lowest BCUT2D eigenvalue weighted by Gasteiger charge is -2.17. The average molecular weight is 308 g/mol. The van der Waals surface area contributed by atoms with Crippen LogP contribution in [0.1, 0.15) is 46.8 Å². The van der Waals surface area contributed by atoms with Crippen LogP contribution in [0.15, 0.2) is 0 Å². The highest BCUT2D eigenvalue weighted by molar-refractivity contribution is 7.19. The van der Waals surface area contributed by atoms with Gasteiger partial charge >= 0.3 is 0 Å². The summed E-state index contributed by atoms with van der Waals surface area (Å²) in [7, 11) is 0. The Labute approximate surface area is 127 Å². The van der Waals surface area contributed by atoms with Crippen molar-refractivity contribution in [3.8, 4) is 0 Å². The molecule has 3 fully saturated rings. The SMILES string of the molecule is Nc1c(C(=O)C2CC2)sc(N2CC(O)C(O)C2)c1C1CC1. The van der Waals surface area contributed by atoms with Gasteiger partial charge < -0.3 is 20.8 Å². The van der Waals surface area contributed by atoms with Crippen molar-refractivity contribution in [2.75, 3.05) is 23.7 Å². The molecule has 2 unspecified atom stereocenters. The Kier molecular flexibility index (Phi) is 3.03. The Morgan fingerprint density at radius 3 is 2.29 bits per heavy atom. The summed E-state index contributed by atoms with van der Waals surface area (Å²) in [5.74, 6) is 0.804. The zero-order valence-electron chi connectivity index (χ0n) is 11.8. The Balaban J connectivity index is 1.72. The second-order valence-electron chi connectivity index (χ2n) is 6.52. The molecular formula is C15H20N2O3S. The monoisotopic (exact) mass is 308 g/mol. The van der Waals surface area contributed by atoms with E-state index in [-0.39, 0.29) is 11.7 Å². The minimum absolute atomic E-state index is 0.167. The molecule has 3 aliphatic rings. The first-order valence-electron chi connectivity index (χ1n) is 7.63. The van der Waals surface area contributed by atoms with E-state index in [0.717, 1.165) is 36.2 Å². The van der Waals surface area contributed by atoms with Gasteiger partial charge in [-0.25, -0.2) is 0 Å². The summed E-state index contributed by atoms with van der Waals surface area (Å²) in [6.07, 6.45) is 2.75. The van der Waals surface area contributed by atoms with Crippen LogP contribution in [-0.2, 0) is 0 Å². The van der Waals surface area contributed by atoms with Gasteiger partial charge in [0.1, 0.15) is 0 Å². The van der Waals surface area contributed by atoms with Crippen molar-refractivity contribution in [1.29, 1.82) is 0 Å². The molecule has 0 bridgehead atoms. The fourth-order valence-corrected chi connectivity index (χ4v) is 4.44. The van der Waals surface area contributed by atoms with Gasteiger partial charge in [0, 0.05) is 24.6 Å². The number of nitrogens with two attached hydrogens (primary N) is 1. The van der Waals surface area contributed by atoms with Gasteiger partial charge in [-0.15, -0.1) is 11.3 Å². The second-order valence-corrected chi connectivity index (χ2v) is 7.52. The summed E-state index contributed by atoms with van der Waals surface area (Å²) in [5, 5.41) is 20.5. The molecule has 4 N–H and O–H groups in total. The maximum atomic E-state index is 12.4. The molecule has 2 saturated carbocycles. The number of nitrogens with zero attached hydrogens (tertiary/aromatic N) is 1. The average Bonchev–Trinajstić information content (AvgIpc) is 3.35. The molecule has 1 aliphatic heterocycles. The topological polar surface area (TPSA) is 86.8 Å². The van der Waals surface area contributed by atoms with Crippen LogP contribution in [0.3, 0.4) is 0 Å². The largest absolute Gasteiger partial charge is 0.397 e. The van der Waals surface area contributed by atoms with E-state index in [1.54, 1.807) is 0 Å². The first-order valence-corrected chi connectivity index (χ1v) is 8.45. The molecule has 0 radical (unpaired) electrons. The van der Waals surface area contributed by atoms with Crippen LogP contribution in [-0.4, -0.2) is 41.3 Å². The van der Waals surface area contributed by atoms with Gasteiger partial charge in [0.25, 0.3) is 0 Å². The lowest BCUT2D eigenvalue weighted by Crippen LogP contribution is -2.22. The number of aliphatic hydroxyl groups excluding tert-OH is 2. The van der Waals surface area contributed by atoms with Gasteiger partial charge in [0.05, 0.1) is 27.8 Å². The molecule has 6 heteroatoms. The van der Waals surface area contributed by atoms with Crippen LogP contribution >= 0.6 is 11.3 Å². The highest BCUT2D eigenvalue weighted by Crippen LogP contribution is 2.53. The number of Topliss-reactive ketones (excluding diaryl/α,β-unsaturated/α-hetero) is 1. The summed E-state index contributed by atoms with van der Waals surface area (Å²) < 4.78 is 0. The normalized spacial score (nSPS) is 29.1. The van der Waals surface area contributed by atoms with E-state index >= 15 is 0 Å². The number of hydrogen-bond donors (Lipinski definition) is 3. The summed E-state index contributed by atoms with van der Waals surface area (Å²) in [6, 6.07) is 0. The number of β-amino-alcohol motifs (C(OH)–C–C–N with tert-alkyl or cyclic N) is 2. The van der Waals surface area contributed by atoms with E-state index in [1.807, 2.05) is 4.90 Å². The lowest BCUT2D eigenvalue weighted by molar-refractivity contribution is 0.0572. The molecule has 0 aromatic carbocycles. The van der Waals surface area contributed by atoms with Gasteiger partial charge in [-0.3, -0.25) is 4.79 Å². The van der Waals surface area contributed by atoms with E-state index < -0.39 is 12.2 Å². The molecule has 21 heavy (non-hydrogen) atoms. The number of carbonyl (C=O) groups is 1. The molecule has 1 saturated heterocycles. The molecule has 4 rings (SSSR count). The smallest absolute Gasteiger partial charge is 0.178 e. The lowest BCUT2D eigenvalue weighted by atomic mass is 10.1. The molecule has 2 atom stereocenters. The van der Waals surface area contributed by atoms with Crippen molar-refractivity contribution in [2.45, 2.75) is 43.8 Å². The minimum atomic E-state index is -0.719. The number of thiophene rings is 1. The Morgan fingerprint density at radius 1 is 1.14 bits per heavy atom. The summed E-state index contributed by atoms with van der Waals surface area (Å²) in [4.78, 5) is 15.1. The maximum absolute atomic E-state index is 12.4. The fraction of sp³-hybridized carbons (Fsp3) is 0.667. The third-order valence-electron chi connectivity index (χ3n) is 4.67. The predicted molar refractivity (Wildman–Crippen MR) is 82.0 cm³/mol. The number of aliphatic hydroxyl groups is 2. The van der Waals surface area contributed by atoms with Crippen molar-refractivity contribution < 1.29 is 15.0 Å². The fourth-order valence-electron chi connectivity index (χ4n) is 3.09. The molecule has 2 heterocycles.